The predicted octanol–water partition coefficient (Wildman–Crippen LogP) is 5.17. The van der Waals surface area contributed by atoms with Gasteiger partial charge in [0, 0.05) is 48.1 Å². The van der Waals surface area contributed by atoms with Crippen LogP contribution in [0.1, 0.15) is 55.0 Å². The van der Waals surface area contributed by atoms with E-state index in [1.165, 1.54) is 7.11 Å². The minimum absolute atomic E-state index is 0.0577. The first-order chi connectivity index (χ1) is 21.3. The second-order valence-electron chi connectivity index (χ2n) is 11.4. The molecule has 0 bridgehead atoms. The average molecular weight is 591 g/mol. The summed E-state index contributed by atoms with van der Waals surface area (Å²) in [7, 11) is 1.34. The van der Waals surface area contributed by atoms with Gasteiger partial charge in [-0.15, -0.1) is 6.42 Å². The number of allylic oxidation sites excluding steroid dienone is 2. The van der Waals surface area contributed by atoms with Gasteiger partial charge in [0.15, 0.2) is 0 Å². The van der Waals surface area contributed by atoms with Crippen molar-refractivity contribution in [2.45, 2.75) is 39.0 Å². The largest absolute Gasteiger partial charge is 0.466 e. The van der Waals surface area contributed by atoms with Crippen molar-refractivity contribution in [3.8, 4) is 12.3 Å². The van der Waals surface area contributed by atoms with Crippen molar-refractivity contribution >= 4 is 11.9 Å². The lowest BCUT2D eigenvalue weighted by atomic mass is 9.80. The third-order valence-electron chi connectivity index (χ3n) is 8.93. The minimum Gasteiger partial charge on any atom is -0.466 e. The first-order valence-corrected chi connectivity index (χ1v) is 15.0. The summed E-state index contributed by atoms with van der Waals surface area (Å²) in [5, 5.41) is 6.74. The molecule has 44 heavy (non-hydrogen) atoms. The van der Waals surface area contributed by atoms with Crippen LogP contribution in [-0.4, -0.2) is 55.9 Å². The average Bonchev–Trinajstić information content (AvgIpc) is 3.05. The predicted molar refractivity (Wildman–Crippen MR) is 171 cm³/mol. The number of hydrogen-bond acceptors (Lipinski definition) is 6. The number of nitrogens with one attached hydrogen (secondary N) is 2. The lowest BCUT2D eigenvalue weighted by Gasteiger charge is -2.50. The molecular weight excluding hydrogens is 550 g/mol. The topological polar surface area (TPSA) is 76.7 Å². The van der Waals surface area contributed by atoms with Gasteiger partial charge in [0.25, 0.3) is 0 Å². The fraction of sp³-hybridized carbons (Fsp3) is 0.297. The SMILES string of the molecule is C#Cc1cccc(C2C(C(=O)OC)=C(C)NC(C)=C2C(=O)OC(C)[N+]2(C(c3ccccc3)c3ccccc3)CCNCC2)c1. The summed E-state index contributed by atoms with van der Waals surface area (Å²) in [4.78, 5) is 27.6. The first kappa shape index (κ1) is 30.8. The van der Waals surface area contributed by atoms with Gasteiger partial charge in [-0.05, 0) is 31.5 Å². The smallest absolute Gasteiger partial charge is 0.341 e. The Kier molecular flexibility index (Phi) is 9.34. The Morgan fingerprint density at radius 1 is 0.864 bits per heavy atom. The van der Waals surface area contributed by atoms with Crippen LogP contribution in [0.2, 0.25) is 0 Å². The highest BCUT2D eigenvalue weighted by molar-refractivity contribution is 5.99. The Morgan fingerprint density at radius 3 is 1.98 bits per heavy atom. The van der Waals surface area contributed by atoms with Crippen molar-refractivity contribution in [2.24, 2.45) is 0 Å². The second kappa shape index (κ2) is 13.3. The summed E-state index contributed by atoms with van der Waals surface area (Å²) in [6.45, 7) is 8.74. The Balaban J connectivity index is 1.58. The molecule has 0 saturated carbocycles. The third kappa shape index (κ3) is 5.92. The van der Waals surface area contributed by atoms with E-state index in [2.05, 4.69) is 65.1 Å². The van der Waals surface area contributed by atoms with Gasteiger partial charge < -0.3 is 20.1 Å². The normalized spacial score (nSPS) is 18.7. The molecule has 2 heterocycles. The summed E-state index contributed by atoms with van der Waals surface area (Å²) in [5.41, 5.74) is 5.65. The molecule has 2 unspecified atom stereocenters. The fourth-order valence-electron chi connectivity index (χ4n) is 6.81. The van der Waals surface area contributed by atoms with Crippen LogP contribution in [0.4, 0.5) is 0 Å². The van der Waals surface area contributed by atoms with E-state index in [0.29, 0.717) is 32.6 Å². The standard InChI is InChI=1S/C37H39N3O4/c1-6-28-14-13-19-31(24-28)34-32(36(41)43-5)25(2)39-26(3)33(34)37(42)44-27(4)40(22-20-38-21-23-40)35(29-15-9-7-10-16-29)30-17-11-8-12-18-30/h1,7-19,24,27,34-35,38H,20-23H2,2-5H3/p+1. The summed E-state index contributed by atoms with van der Waals surface area (Å²) >= 11 is 0. The molecular formula is C37H40N3O4+. The number of carbonyl (C=O) groups is 2. The van der Waals surface area contributed by atoms with Crippen LogP contribution < -0.4 is 10.6 Å². The lowest BCUT2D eigenvalue weighted by molar-refractivity contribution is -0.990. The summed E-state index contributed by atoms with van der Waals surface area (Å²) in [6, 6.07) is 28.2. The number of methoxy groups -OCH3 is 1. The number of hydrogen-bond donors (Lipinski definition) is 2. The van der Waals surface area contributed by atoms with Crippen LogP contribution in [0.5, 0.6) is 0 Å². The molecule has 2 aliphatic heterocycles. The Hall–Kier alpha value is -4.64. The number of esters is 2. The Bertz CT molecular complexity index is 1580. The minimum atomic E-state index is -0.716. The third-order valence-corrected chi connectivity index (χ3v) is 8.93. The van der Waals surface area contributed by atoms with E-state index in [4.69, 9.17) is 15.9 Å². The van der Waals surface area contributed by atoms with Gasteiger partial charge in [-0.25, -0.2) is 9.59 Å². The molecule has 0 amide bonds. The molecule has 0 spiro atoms. The van der Waals surface area contributed by atoms with Gasteiger partial charge in [-0.2, -0.15) is 0 Å². The maximum atomic E-state index is 14.4. The number of piperazine rings is 1. The van der Waals surface area contributed by atoms with Crippen LogP contribution in [0.15, 0.2) is 107 Å². The summed E-state index contributed by atoms with van der Waals surface area (Å²) < 4.78 is 12.2. The van der Waals surface area contributed by atoms with Crippen molar-refractivity contribution in [2.75, 3.05) is 33.3 Å². The maximum Gasteiger partial charge on any atom is 0.341 e. The zero-order valence-electron chi connectivity index (χ0n) is 25.8. The molecule has 3 aromatic rings. The van der Waals surface area contributed by atoms with Gasteiger partial charge in [0.2, 0.25) is 6.23 Å². The number of terminal acetylenes is 1. The van der Waals surface area contributed by atoms with Gasteiger partial charge in [0.05, 0.1) is 37.3 Å². The maximum absolute atomic E-state index is 14.4. The second-order valence-corrected chi connectivity index (χ2v) is 11.4. The highest BCUT2D eigenvalue weighted by Gasteiger charge is 2.47. The van der Waals surface area contributed by atoms with E-state index in [1.54, 1.807) is 0 Å². The van der Waals surface area contributed by atoms with Crippen molar-refractivity contribution < 1.29 is 23.5 Å². The molecule has 1 saturated heterocycles. The quantitative estimate of drug-likeness (QED) is 0.214. The highest BCUT2D eigenvalue weighted by atomic mass is 16.6. The molecule has 0 aromatic heterocycles. The van der Waals surface area contributed by atoms with Crippen molar-refractivity contribution in [3.63, 3.8) is 0 Å². The number of rotatable bonds is 8. The fourth-order valence-corrected chi connectivity index (χ4v) is 6.81. The van der Waals surface area contributed by atoms with Crippen LogP contribution >= 0.6 is 0 Å². The molecule has 7 heteroatoms. The summed E-state index contributed by atoms with van der Waals surface area (Å²) in [6.07, 6.45) is 5.22. The molecule has 2 atom stereocenters. The van der Waals surface area contributed by atoms with E-state index in [1.807, 2.05) is 57.2 Å². The Labute approximate surface area is 260 Å². The number of nitrogens with zero attached hydrogens (tertiary/aromatic N) is 1. The zero-order valence-corrected chi connectivity index (χ0v) is 25.8. The molecule has 0 radical (unpaired) electrons. The number of ether oxygens (including phenoxy) is 2. The van der Waals surface area contributed by atoms with Gasteiger partial charge in [-0.3, -0.25) is 4.48 Å². The van der Waals surface area contributed by atoms with Crippen LogP contribution in [0, 0.1) is 12.3 Å². The summed E-state index contributed by atoms with van der Waals surface area (Å²) in [5.74, 6) is 0.950. The molecule has 0 aliphatic carbocycles. The van der Waals surface area contributed by atoms with Gasteiger partial charge in [0.1, 0.15) is 6.04 Å². The molecule has 1 fully saturated rings. The molecule has 2 N–H and O–H groups in total. The lowest BCUT2D eigenvalue weighted by Crippen LogP contribution is -2.65. The van der Waals surface area contributed by atoms with Crippen molar-refractivity contribution in [3.05, 3.63) is 130 Å². The van der Waals surface area contributed by atoms with Crippen LogP contribution in [-0.2, 0) is 19.1 Å². The molecule has 226 valence electrons. The Morgan fingerprint density at radius 2 is 1.43 bits per heavy atom. The van der Waals surface area contributed by atoms with E-state index < -0.39 is 24.1 Å². The van der Waals surface area contributed by atoms with Crippen LogP contribution in [0.3, 0.4) is 0 Å². The van der Waals surface area contributed by atoms with Crippen molar-refractivity contribution in [1.29, 1.82) is 0 Å². The zero-order chi connectivity index (χ0) is 31.3. The number of carbonyl (C=O) groups excluding carboxylic acids is 2. The van der Waals surface area contributed by atoms with Gasteiger partial charge in [-0.1, -0.05) is 78.7 Å². The number of quaternary nitrogens is 1. The van der Waals surface area contributed by atoms with E-state index in [9.17, 15) is 9.59 Å². The highest BCUT2D eigenvalue weighted by Crippen LogP contribution is 2.42. The molecule has 7 nitrogen and oxygen atoms in total. The molecule has 3 aromatic carbocycles. The first-order valence-electron chi connectivity index (χ1n) is 15.0. The van der Waals surface area contributed by atoms with E-state index >= 15 is 0 Å². The van der Waals surface area contributed by atoms with Crippen LogP contribution in [0.25, 0.3) is 0 Å². The van der Waals surface area contributed by atoms with E-state index in [0.717, 1.165) is 42.9 Å². The number of dihydropyridines is 1. The molecule has 5 rings (SSSR count). The monoisotopic (exact) mass is 590 g/mol. The van der Waals surface area contributed by atoms with E-state index in [-0.39, 0.29) is 6.04 Å². The molecule has 2 aliphatic rings. The van der Waals surface area contributed by atoms with Crippen molar-refractivity contribution in [1.82, 2.24) is 10.6 Å². The number of benzene rings is 3. The van der Waals surface area contributed by atoms with Gasteiger partial charge >= 0.3 is 11.9 Å².